The van der Waals surface area contributed by atoms with Crippen LogP contribution in [-0.2, 0) is 11.3 Å². The van der Waals surface area contributed by atoms with Crippen molar-refractivity contribution in [3.8, 4) is 11.1 Å². The number of amides is 1. The number of carbonyl (C=O) groups is 1. The summed E-state index contributed by atoms with van der Waals surface area (Å²) in [6.45, 7) is 5.04. The quantitative estimate of drug-likeness (QED) is 0.504. The monoisotopic (exact) mass is 378 g/mol. The van der Waals surface area contributed by atoms with Gasteiger partial charge in [0.15, 0.2) is 0 Å². The fraction of sp³-hybridized carbons (Fsp3) is 0.318. The van der Waals surface area contributed by atoms with Crippen LogP contribution in [0.4, 0.5) is 0 Å². The van der Waals surface area contributed by atoms with Crippen molar-refractivity contribution in [2.75, 3.05) is 20.8 Å². The zero-order chi connectivity index (χ0) is 20.1. The lowest BCUT2D eigenvalue weighted by Gasteiger charge is -2.15. The summed E-state index contributed by atoms with van der Waals surface area (Å²) in [4.78, 5) is 22.7. The van der Waals surface area contributed by atoms with Crippen molar-refractivity contribution >= 4 is 16.7 Å². The van der Waals surface area contributed by atoms with Gasteiger partial charge in [-0.1, -0.05) is 30.3 Å². The van der Waals surface area contributed by atoms with Gasteiger partial charge in [0.1, 0.15) is 5.69 Å². The average Bonchev–Trinajstić information content (AvgIpc) is 2.70. The van der Waals surface area contributed by atoms with Crippen molar-refractivity contribution in [2.24, 2.45) is 0 Å². The lowest BCUT2D eigenvalue weighted by atomic mass is 9.98. The first-order chi connectivity index (χ1) is 13.5. The SMILES string of the molecule is CC(C)OCNCc1ncc2ccccc2c1-c1ccc(C(=O)N(C)C)nc1. The standard InChI is InChI=1S/C22H26N4O2/c1-15(2)28-14-23-13-20-21(18-8-6-5-7-16(18)11-25-20)17-9-10-19(24-12-17)22(27)26(3)4/h5-12,15,23H,13-14H2,1-4H3. The molecule has 1 aromatic carbocycles. The molecule has 0 saturated heterocycles. The van der Waals surface area contributed by atoms with E-state index in [0.29, 0.717) is 19.0 Å². The van der Waals surface area contributed by atoms with Crippen LogP contribution < -0.4 is 5.32 Å². The van der Waals surface area contributed by atoms with Gasteiger partial charge in [-0.05, 0) is 25.3 Å². The normalized spacial score (nSPS) is 11.2. The lowest BCUT2D eigenvalue weighted by Crippen LogP contribution is -2.22. The van der Waals surface area contributed by atoms with E-state index in [9.17, 15) is 4.79 Å². The molecule has 146 valence electrons. The summed E-state index contributed by atoms with van der Waals surface area (Å²) in [6, 6.07) is 11.8. The van der Waals surface area contributed by atoms with E-state index in [0.717, 1.165) is 27.6 Å². The minimum atomic E-state index is -0.115. The fourth-order valence-corrected chi connectivity index (χ4v) is 2.95. The zero-order valence-electron chi connectivity index (χ0n) is 16.8. The Bertz CT molecular complexity index is 952. The summed E-state index contributed by atoms with van der Waals surface area (Å²) < 4.78 is 5.57. The van der Waals surface area contributed by atoms with Gasteiger partial charge in [-0.3, -0.25) is 20.1 Å². The van der Waals surface area contributed by atoms with Crippen LogP contribution in [0.3, 0.4) is 0 Å². The van der Waals surface area contributed by atoms with Gasteiger partial charge < -0.3 is 9.64 Å². The first kappa shape index (κ1) is 19.9. The van der Waals surface area contributed by atoms with Gasteiger partial charge in [0.05, 0.1) is 18.5 Å². The number of rotatable bonds is 7. The van der Waals surface area contributed by atoms with E-state index in [1.807, 2.05) is 44.3 Å². The maximum Gasteiger partial charge on any atom is 0.271 e. The van der Waals surface area contributed by atoms with Gasteiger partial charge in [0.25, 0.3) is 5.91 Å². The molecule has 0 saturated carbocycles. The molecule has 6 nitrogen and oxygen atoms in total. The van der Waals surface area contributed by atoms with Gasteiger partial charge >= 0.3 is 0 Å². The molecule has 0 fully saturated rings. The predicted octanol–water partition coefficient (Wildman–Crippen LogP) is 3.47. The molecule has 3 rings (SSSR count). The molecule has 0 aliphatic carbocycles. The molecule has 3 aromatic rings. The van der Waals surface area contributed by atoms with E-state index in [2.05, 4.69) is 21.4 Å². The highest BCUT2D eigenvalue weighted by Gasteiger charge is 2.14. The summed E-state index contributed by atoms with van der Waals surface area (Å²) >= 11 is 0. The number of nitrogens with zero attached hydrogens (tertiary/aromatic N) is 3. The highest BCUT2D eigenvalue weighted by atomic mass is 16.5. The first-order valence-electron chi connectivity index (χ1n) is 9.34. The largest absolute Gasteiger partial charge is 0.364 e. The molecule has 2 aromatic heterocycles. The second kappa shape index (κ2) is 8.91. The van der Waals surface area contributed by atoms with Crippen molar-refractivity contribution in [3.05, 3.63) is 60.2 Å². The number of ether oxygens (including phenoxy) is 1. The number of carbonyl (C=O) groups excluding carboxylic acids is 1. The number of nitrogens with one attached hydrogen (secondary N) is 1. The van der Waals surface area contributed by atoms with Gasteiger partial charge in [-0.2, -0.15) is 0 Å². The Kier molecular flexibility index (Phi) is 6.34. The number of hydrogen-bond donors (Lipinski definition) is 1. The number of benzene rings is 1. The molecule has 0 spiro atoms. The Hall–Kier alpha value is -2.83. The van der Waals surface area contributed by atoms with Crippen LogP contribution >= 0.6 is 0 Å². The Morgan fingerprint density at radius 1 is 1.11 bits per heavy atom. The van der Waals surface area contributed by atoms with Crippen molar-refractivity contribution < 1.29 is 9.53 Å². The molecule has 0 unspecified atom stereocenters. The molecule has 2 heterocycles. The number of fused-ring (bicyclic) bond motifs is 1. The molecule has 6 heteroatoms. The molecule has 0 bridgehead atoms. The Labute approximate surface area is 165 Å². The maximum atomic E-state index is 12.1. The predicted molar refractivity (Wildman–Crippen MR) is 111 cm³/mol. The second-order valence-electron chi connectivity index (χ2n) is 7.09. The summed E-state index contributed by atoms with van der Waals surface area (Å²) in [5.41, 5.74) is 3.29. The summed E-state index contributed by atoms with van der Waals surface area (Å²) in [7, 11) is 3.44. The number of aromatic nitrogens is 2. The minimum Gasteiger partial charge on any atom is -0.364 e. The van der Waals surface area contributed by atoms with E-state index in [-0.39, 0.29) is 12.0 Å². The summed E-state index contributed by atoms with van der Waals surface area (Å²) in [6.07, 6.45) is 3.80. The van der Waals surface area contributed by atoms with Gasteiger partial charge in [0, 0.05) is 49.5 Å². The van der Waals surface area contributed by atoms with Gasteiger partial charge in [-0.15, -0.1) is 0 Å². The average molecular weight is 378 g/mol. The van der Waals surface area contributed by atoms with Gasteiger partial charge in [-0.25, -0.2) is 0 Å². The van der Waals surface area contributed by atoms with E-state index in [1.54, 1.807) is 26.4 Å². The summed E-state index contributed by atoms with van der Waals surface area (Å²) in [5, 5.41) is 5.45. The number of pyridine rings is 2. The second-order valence-corrected chi connectivity index (χ2v) is 7.09. The molecular formula is C22H26N4O2. The van der Waals surface area contributed by atoms with Crippen molar-refractivity contribution in [1.29, 1.82) is 0 Å². The van der Waals surface area contributed by atoms with Crippen LogP contribution in [-0.4, -0.2) is 47.7 Å². The van der Waals surface area contributed by atoms with E-state index >= 15 is 0 Å². The topological polar surface area (TPSA) is 67.3 Å². The van der Waals surface area contributed by atoms with E-state index in [1.165, 1.54) is 4.90 Å². The maximum absolute atomic E-state index is 12.1. The molecule has 0 radical (unpaired) electrons. The highest BCUT2D eigenvalue weighted by molar-refractivity contribution is 5.98. The third-order valence-electron chi connectivity index (χ3n) is 4.37. The Morgan fingerprint density at radius 2 is 1.89 bits per heavy atom. The van der Waals surface area contributed by atoms with Crippen molar-refractivity contribution in [1.82, 2.24) is 20.2 Å². The highest BCUT2D eigenvalue weighted by Crippen LogP contribution is 2.30. The molecular weight excluding hydrogens is 352 g/mol. The fourth-order valence-electron chi connectivity index (χ4n) is 2.95. The summed E-state index contributed by atoms with van der Waals surface area (Å²) in [5.74, 6) is -0.115. The van der Waals surface area contributed by atoms with Crippen LogP contribution in [0.2, 0.25) is 0 Å². The van der Waals surface area contributed by atoms with Crippen LogP contribution in [0.25, 0.3) is 21.9 Å². The van der Waals surface area contributed by atoms with Crippen LogP contribution in [0.5, 0.6) is 0 Å². The molecule has 1 N–H and O–H groups in total. The van der Waals surface area contributed by atoms with Crippen LogP contribution in [0.15, 0.2) is 48.8 Å². The van der Waals surface area contributed by atoms with E-state index in [4.69, 9.17) is 4.74 Å². The molecule has 0 aliphatic heterocycles. The smallest absolute Gasteiger partial charge is 0.271 e. The molecule has 1 amide bonds. The minimum absolute atomic E-state index is 0.115. The molecule has 0 atom stereocenters. The molecule has 0 aliphatic rings. The Morgan fingerprint density at radius 3 is 2.57 bits per heavy atom. The van der Waals surface area contributed by atoms with E-state index < -0.39 is 0 Å². The Balaban J connectivity index is 1.97. The lowest BCUT2D eigenvalue weighted by molar-refractivity contribution is 0.0635. The third-order valence-corrected chi connectivity index (χ3v) is 4.37. The number of hydrogen-bond acceptors (Lipinski definition) is 5. The van der Waals surface area contributed by atoms with Crippen molar-refractivity contribution in [3.63, 3.8) is 0 Å². The van der Waals surface area contributed by atoms with Gasteiger partial charge in [0.2, 0.25) is 0 Å². The van der Waals surface area contributed by atoms with Crippen LogP contribution in [0.1, 0.15) is 30.0 Å². The van der Waals surface area contributed by atoms with Crippen LogP contribution in [0, 0.1) is 0 Å². The van der Waals surface area contributed by atoms with Crippen molar-refractivity contribution in [2.45, 2.75) is 26.5 Å². The first-order valence-corrected chi connectivity index (χ1v) is 9.34. The zero-order valence-corrected chi connectivity index (χ0v) is 16.8. The molecule has 28 heavy (non-hydrogen) atoms. The third kappa shape index (κ3) is 4.52.